The van der Waals surface area contributed by atoms with Gasteiger partial charge in [-0.2, -0.15) is 0 Å². The number of rotatable bonds is 12. The van der Waals surface area contributed by atoms with E-state index in [9.17, 15) is 9.59 Å². The van der Waals surface area contributed by atoms with E-state index in [-0.39, 0.29) is 35.9 Å². The largest absolute Gasteiger partial charge is 0.460 e. The summed E-state index contributed by atoms with van der Waals surface area (Å²) >= 11 is 0. The van der Waals surface area contributed by atoms with Crippen molar-refractivity contribution in [2.24, 2.45) is 30.7 Å². The number of amides is 1. The predicted molar refractivity (Wildman–Crippen MR) is 156 cm³/mol. The van der Waals surface area contributed by atoms with Gasteiger partial charge in [0.1, 0.15) is 11.7 Å². The molecule has 1 fully saturated rings. The molecule has 4 unspecified atom stereocenters. The molecule has 1 aromatic carbocycles. The van der Waals surface area contributed by atoms with Gasteiger partial charge in [0.05, 0.1) is 12.0 Å². The van der Waals surface area contributed by atoms with Crippen LogP contribution in [0.1, 0.15) is 78.9 Å². The molecule has 1 N–H and O–H groups in total. The molecule has 218 valence electrons. The zero-order valence-electron chi connectivity index (χ0n) is 25.5. The highest BCUT2D eigenvalue weighted by atomic mass is 16.6. The lowest BCUT2D eigenvalue weighted by Gasteiger charge is -2.31. The second kappa shape index (κ2) is 13.2. The van der Waals surface area contributed by atoms with Crippen LogP contribution in [0, 0.1) is 23.7 Å². The van der Waals surface area contributed by atoms with E-state index in [0.29, 0.717) is 18.8 Å². The van der Waals surface area contributed by atoms with Crippen LogP contribution in [0.25, 0.3) is 10.9 Å². The van der Waals surface area contributed by atoms with E-state index >= 15 is 0 Å². The lowest BCUT2D eigenvalue weighted by atomic mass is 9.81. The Balaban J connectivity index is 1.83. The number of benzene rings is 1. The topological polar surface area (TPSA) is 78.8 Å². The van der Waals surface area contributed by atoms with E-state index in [1.54, 1.807) is 7.11 Å². The Morgan fingerprint density at radius 1 is 1.21 bits per heavy atom. The maximum atomic E-state index is 12.8. The third-order valence-electron chi connectivity index (χ3n) is 7.94. The fourth-order valence-electron chi connectivity index (χ4n) is 5.66. The number of fused-ring (bicyclic) bond motifs is 1. The van der Waals surface area contributed by atoms with E-state index in [0.717, 1.165) is 25.9 Å². The van der Waals surface area contributed by atoms with Crippen molar-refractivity contribution in [3.8, 4) is 0 Å². The molecule has 0 aliphatic carbocycles. The summed E-state index contributed by atoms with van der Waals surface area (Å²) in [6.07, 6.45) is 5.56. The smallest absolute Gasteiger partial charge is 0.408 e. The minimum atomic E-state index is -0.606. The number of hydrogen-bond acceptors (Lipinski definition) is 5. The highest BCUT2D eigenvalue weighted by Gasteiger charge is 2.42. The zero-order valence-corrected chi connectivity index (χ0v) is 25.5. The van der Waals surface area contributed by atoms with Crippen LogP contribution in [0.2, 0.25) is 0 Å². The number of aromatic nitrogens is 1. The molecular weight excluding hydrogens is 492 g/mol. The van der Waals surface area contributed by atoms with E-state index < -0.39 is 11.7 Å². The standard InChI is InChI=1S/C32H50N2O5/c1-20(2)24(15-22-12-13-28-26(16-22)23(19-34(28)8)11-10-14-37-9)17-27(33-31(36)39-32(5,6)7)29-18-25(21(3)4)30(35)38-29/h12-13,16,19-21,24-25,27,29H,10-11,14-15,17-18H2,1-9H3,(H,33,36). The van der Waals surface area contributed by atoms with Crippen LogP contribution in [-0.2, 0) is 38.9 Å². The fraction of sp³-hybridized carbons (Fsp3) is 0.688. The number of ether oxygens (including phenoxy) is 3. The number of nitrogens with zero attached hydrogens (tertiary/aromatic N) is 1. The second-order valence-electron chi connectivity index (χ2n) is 13.0. The molecule has 1 aliphatic heterocycles. The molecule has 0 spiro atoms. The first-order chi connectivity index (χ1) is 18.3. The lowest BCUT2D eigenvalue weighted by molar-refractivity contribution is -0.146. The molecule has 3 rings (SSSR count). The highest BCUT2D eigenvalue weighted by Crippen LogP contribution is 2.34. The van der Waals surface area contributed by atoms with Crippen LogP contribution in [0.3, 0.4) is 0 Å². The van der Waals surface area contributed by atoms with Crippen LogP contribution >= 0.6 is 0 Å². The summed E-state index contributed by atoms with van der Waals surface area (Å²) in [6.45, 7) is 14.9. The summed E-state index contributed by atoms with van der Waals surface area (Å²) in [5, 5.41) is 4.38. The SMILES string of the molecule is COCCCc1cn(C)c2ccc(CC(CC(NC(=O)OC(C)(C)C)C3CC(C(C)C)C(=O)O3)C(C)C)cc12. The third-order valence-corrected chi connectivity index (χ3v) is 7.94. The highest BCUT2D eigenvalue weighted by molar-refractivity contribution is 5.84. The van der Waals surface area contributed by atoms with E-state index in [1.807, 2.05) is 34.6 Å². The van der Waals surface area contributed by atoms with Crippen molar-refractivity contribution < 1.29 is 23.8 Å². The Labute approximate surface area is 234 Å². The van der Waals surface area contributed by atoms with Gasteiger partial charge in [-0.15, -0.1) is 0 Å². The van der Waals surface area contributed by atoms with Gasteiger partial charge in [-0.05, 0) is 93.9 Å². The van der Waals surface area contributed by atoms with Gasteiger partial charge in [-0.25, -0.2) is 4.79 Å². The predicted octanol–water partition coefficient (Wildman–Crippen LogP) is 6.44. The number of aryl methyl sites for hydroxylation is 2. The molecule has 1 aromatic heterocycles. The van der Waals surface area contributed by atoms with Crippen LogP contribution in [0.15, 0.2) is 24.4 Å². The number of nitrogens with one attached hydrogen (secondary N) is 1. The average molecular weight is 543 g/mol. The Morgan fingerprint density at radius 3 is 2.51 bits per heavy atom. The van der Waals surface area contributed by atoms with Gasteiger partial charge in [-0.1, -0.05) is 33.8 Å². The molecule has 0 saturated carbocycles. The van der Waals surface area contributed by atoms with Gasteiger partial charge in [0.25, 0.3) is 0 Å². The Bertz CT molecular complexity index is 1110. The van der Waals surface area contributed by atoms with Crippen LogP contribution in [-0.4, -0.2) is 48.1 Å². The molecule has 1 aliphatic rings. The number of carbonyl (C=O) groups is 2. The van der Waals surface area contributed by atoms with E-state index in [1.165, 1.54) is 22.0 Å². The molecule has 1 saturated heterocycles. The quantitative estimate of drug-likeness (QED) is 0.247. The maximum Gasteiger partial charge on any atom is 0.408 e. The molecule has 2 heterocycles. The van der Waals surface area contributed by atoms with Crippen molar-refractivity contribution in [3.63, 3.8) is 0 Å². The molecular formula is C32H50N2O5. The molecule has 39 heavy (non-hydrogen) atoms. The third kappa shape index (κ3) is 8.47. The molecule has 1 amide bonds. The molecule has 2 aromatic rings. The minimum absolute atomic E-state index is 0.146. The first-order valence-electron chi connectivity index (χ1n) is 14.5. The van der Waals surface area contributed by atoms with Gasteiger partial charge in [-0.3, -0.25) is 4.79 Å². The van der Waals surface area contributed by atoms with Crippen molar-refractivity contribution in [2.75, 3.05) is 13.7 Å². The summed E-state index contributed by atoms with van der Waals surface area (Å²) in [7, 11) is 3.84. The Morgan fingerprint density at radius 2 is 1.92 bits per heavy atom. The first-order valence-corrected chi connectivity index (χ1v) is 14.5. The maximum absolute atomic E-state index is 12.8. The summed E-state index contributed by atoms with van der Waals surface area (Å²) in [4.78, 5) is 25.5. The van der Waals surface area contributed by atoms with Crippen LogP contribution in [0.5, 0.6) is 0 Å². The summed E-state index contributed by atoms with van der Waals surface area (Å²) in [6, 6.07) is 6.44. The number of esters is 1. The van der Waals surface area contributed by atoms with Crippen molar-refractivity contribution >= 4 is 23.0 Å². The van der Waals surface area contributed by atoms with Gasteiger partial charge in [0.15, 0.2) is 0 Å². The van der Waals surface area contributed by atoms with Crippen LogP contribution < -0.4 is 5.32 Å². The van der Waals surface area contributed by atoms with Gasteiger partial charge in [0.2, 0.25) is 0 Å². The van der Waals surface area contributed by atoms with Gasteiger partial charge >= 0.3 is 12.1 Å². The van der Waals surface area contributed by atoms with Crippen LogP contribution in [0.4, 0.5) is 4.79 Å². The second-order valence-corrected chi connectivity index (χ2v) is 13.0. The summed E-state index contributed by atoms with van der Waals surface area (Å²) in [5.74, 6) is 0.537. The lowest BCUT2D eigenvalue weighted by Crippen LogP contribution is -2.47. The van der Waals surface area contributed by atoms with Crippen molar-refractivity contribution in [1.29, 1.82) is 0 Å². The van der Waals surface area contributed by atoms with Crippen molar-refractivity contribution in [3.05, 3.63) is 35.5 Å². The van der Waals surface area contributed by atoms with Gasteiger partial charge < -0.3 is 24.1 Å². The molecule has 0 radical (unpaired) electrons. The van der Waals surface area contributed by atoms with E-state index in [2.05, 4.69) is 55.2 Å². The molecule has 4 atom stereocenters. The average Bonchev–Trinajstić information content (AvgIpc) is 3.36. The molecule has 7 heteroatoms. The van der Waals surface area contributed by atoms with E-state index in [4.69, 9.17) is 14.2 Å². The summed E-state index contributed by atoms with van der Waals surface area (Å²) < 4.78 is 18.9. The normalized spacial score (nSPS) is 19.5. The number of methoxy groups -OCH3 is 1. The summed E-state index contributed by atoms with van der Waals surface area (Å²) in [5.41, 5.74) is 3.24. The fourth-order valence-corrected chi connectivity index (χ4v) is 5.66. The minimum Gasteiger partial charge on any atom is -0.460 e. The van der Waals surface area contributed by atoms with Crippen molar-refractivity contribution in [2.45, 2.75) is 98.3 Å². The molecule has 7 nitrogen and oxygen atoms in total. The first kappa shape index (κ1) is 31.0. The van der Waals surface area contributed by atoms with Crippen molar-refractivity contribution in [1.82, 2.24) is 9.88 Å². The van der Waals surface area contributed by atoms with Gasteiger partial charge in [0, 0.05) is 37.9 Å². The number of cyclic esters (lactones) is 1. The zero-order chi connectivity index (χ0) is 28.9. The Kier molecular flexibility index (Phi) is 10.5. The number of carbonyl (C=O) groups excluding carboxylic acids is 2. The Hall–Kier alpha value is -2.54. The number of hydrogen-bond donors (Lipinski definition) is 1. The molecule has 0 bridgehead atoms. The number of alkyl carbamates (subject to hydrolysis) is 1. The monoisotopic (exact) mass is 542 g/mol.